The minimum absolute atomic E-state index is 0.00715. The number of aromatic nitrogens is 1. The largest absolute Gasteiger partial charge is 0.416 e. The van der Waals surface area contributed by atoms with Crippen LogP contribution in [-0.2, 0) is 12.4 Å². The zero-order valence-corrected chi connectivity index (χ0v) is 18.1. The molecular formula is C24H18F6N4O. The minimum Gasteiger partial charge on any atom is -0.368 e. The zero-order chi connectivity index (χ0) is 25.4. The van der Waals surface area contributed by atoms with Crippen molar-refractivity contribution in [3.05, 3.63) is 83.2 Å². The molecule has 3 aromatic rings. The Morgan fingerprint density at radius 2 is 1.34 bits per heavy atom. The van der Waals surface area contributed by atoms with E-state index in [4.69, 9.17) is 0 Å². The van der Waals surface area contributed by atoms with Crippen molar-refractivity contribution >= 4 is 11.6 Å². The highest BCUT2D eigenvalue weighted by Crippen LogP contribution is 2.33. The average molecular weight is 492 g/mol. The van der Waals surface area contributed by atoms with Crippen LogP contribution in [0.25, 0.3) is 5.69 Å². The van der Waals surface area contributed by atoms with E-state index >= 15 is 0 Å². The van der Waals surface area contributed by atoms with Crippen LogP contribution in [-0.4, -0.2) is 41.6 Å². The van der Waals surface area contributed by atoms with Crippen LogP contribution in [0.1, 0.15) is 27.2 Å². The molecule has 2 aromatic carbocycles. The van der Waals surface area contributed by atoms with E-state index in [0.29, 0.717) is 5.69 Å². The van der Waals surface area contributed by atoms with E-state index in [9.17, 15) is 36.4 Å². The monoisotopic (exact) mass is 492 g/mol. The molecule has 182 valence electrons. The number of nitriles is 1. The van der Waals surface area contributed by atoms with Crippen molar-refractivity contribution in [2.24, 2.45) is 0 Å². The summed E-state index contributed by atoms with van der Waals surface area (Å²) in [6, 6.07) is 12.6. The number of hydrogen-bond donors (Lipinski definition) is 0. The number of carbonyl (C=O) groups excluding carboxylic acids is 1. The molecule has 0 N–H and O–H groups in total. The van der Waals surface area contributed by atoms with Gasteiger partial charge in [0.1, 0.15) is 11.8 Å². The van der Waals surface area contributed by atoms with Gasteiger partial charge in [0.25, 0.3) is 5.91 Å². The molecule has 0 atom stereocenters. The molecule has 1 fully saturated rings. The number of hydrogen-bond acceptors (Lipinski definition) is 3. The molecule has 0 radical (unpaired) electrons. The fraction of sp³-hybridized carbons (Fsp3) is 0.250. The maximum absolute atomic E-state index is 13.3. The van der Waals surface area contributed by atoms with Crippen molar-refractivity contribution in [1.82, 2.24) is 9.47 Å². The smallest absolute Gasteiger partial charge is 0.368 e. The Hall–Kier alpha value is -3.94. The molecule has 4 rings (SSSR count). The number of nitrogens with zero attached hydrogens (tertiary/aromatic N) is 4. The zero-order valence-electron chi connectivity index (χ0n) is 18.1. The molecule has 0 bridgehead atoms. The van der Waals surface area contributed by atoms with Gasteiger partial charge in [-0.2, -0.15) is 31.6 Å². The topological polar surface area (TPSA) is 52.3 Å². The van der Waals surface area contributed by atoms with Crippen molar-refractivity contribution in [2.45, 2.75) is 12.4 Å². The second-order valence-electron chi connectivity index (χ2n) is 7.94. The highest BCUT2D eigenvalue weighted by atomic mass is 19.4. The predicted octanol–water partition coefficient (Wildman–Crippen LogP) is 5.35. The highest BCUT2D eigenvalue weighted by Gasteiger charge is 2.33. The van der Waals surface area contributed by atoms with Gasteiger partial charge in [-0.3, -0.25) is 4.79 Å². The van der Waals surface area contributed by atoms with Crippen LogP contribution < -0.4 is 4.90 Å². The molecule has 35 heavy (non-hydrogen) atoms. The molecule has 11 heteroatoms. The van der Waals surface area contributed by atoms with Gasteiger partial charge < -0.3 is 14.4 Å². The van der Waals surface area contributed by atoms with E-state index in [1.807, 2.05) is 6.07 Å². The maximum Gasteiger partial charge on any atom is 0.416 e. The third kappa shape index (κ3) is 4.96. The van der Waals surface area contributed by atoms with Crippen molar-refractivity contribution < 1.29 is 31.1 Å². The second kappa shape index (κ2) is 9.02. The third-order valence-electron chi connectivity index (χ3n) is 5.77. The van der Waals surface area contributed by atoms with Crippen molar-refractivity contribution in [1.29, 1.82) is 5.26 Å². The van der Waals surface area contributed by atoms with Crippen molar-refractivity contribution in [2.75, 3.05) is 31.1 Å². The number of halogens is 6. The average Bonchev–Trinajstić information content (AvgIpc) is 3.27. The Morgan fingerprint density at radius 3 is 1.89 bits per heavy atom. The first kappa shape index (κ1) is 24.2. The summed E-state index contributed by atoms with van der Waals surface area (Å²) in [6.45, 7) is 0.819. The molecule has 5 nitrogen and oxygen atoms in total. The lowest BCUT2D eigenvalue weighted by Crippen LogP contribution is -2.49. The quantitative estimate of drug-likeness (QED) is 0.464. The van der Waals surface area contributed by atoms with Gasteiger partial charge in [0, 0.05) is 43.8 Å². The van der Waals surface area contributed by atoms with Crippen LogP contribution in [0.5, 0.6) is 0 Å². The second-order valence-corrected chi connectivity index (χ2v) is 7.94. The molecule has 1 aromatic heterocycles. The van der Waals surface area contributed by atoms with E-state index in [0.717, 1.165) is 24.3 Å². The summed E-state index contributed by atoms with van der Waals surface area (Å²) < 4.78 is 79.9. The summed E-state index contributed by atoms with van der Waals surface area (Å²) >= 11 is 0. The Kier molecular flexibility index (Phi) is 6.23. The lowest BCUT2D eigenvalue weighted by Gasteiger charge is -2.36. The van der Waals surface area contributed by atoms with E-state index < -0.39 is 29.4 Å². The molecule has 0 aliphatic carbocycles. The number of piperazine rings is 1. The summed E-state index contributed by atoms with van der Waals surface area (Å²) in [5, 5.41) is 9.48. The Morgan fingerprint density at radius 1 is 0.800 bits per heavy atom. The van der Waals surface area contributed by atoms with Crippen LogP contribution in [0.3, 0.4) is 0 Å². The fourth-order valence-corrected chi connectivity index (χ4v) is 3.98. The number of anilines is 1. The van der Waals surface area contributed by atoms with Crippen molar-refractivity contribution in [3.8, 4) is 11.8 Å². The summed E-state index contributed by atoms with van der Waals surface area (Å²) in [7, 11) is 0. The summed E-state index contributed by atoms with van der Waals surface area (Å²) in [5.74, 6) is -0.548. The molecule has 0 unspecified atom stereocenters. The van der Waals surface area contributed by atoms with E-state index in [1.165, 1.54) is 39.9 Å². The molecule has 1 aliphatic heterocycles. The minimum atomic E-state index is -4.58. The number of carbonyl (C=O) groups is 1. The maximum atomic E-state index is 13.3. The molecule has 1 saturated heterocycles. The summed E-state index contributed by atoms with van der Waals surface area (Å²) in [5.41, 5.74) is -1.28. The lowest BCUT2D eigenvalue weighted by atomic mass is 10.1. The molecular weight excluding hydrogens is 474 g/mol. The number of amides is 1. The van der Waals surface area contributed by atoms with Gasteiger partial charge in [0.2, 0.25) is 0 Å². The predicted molar refractivity (Wildman–Crippen MR) is 115 cm³/mol. The lowest BCUT2D eigenvalue weighted by molar-refractivity contribution is -0.138. The van der Waals surface area contributed by atoms with Crippen LogP contribution >= 0.6 is 0 Å². The van der Waals surface area contributed by atoms with Gasteiger partial charge in [-0.05, 0) is 42.5 Å². The molecule has 0 spiro atoms. The Balaban J connectivity index is 1.56. The van der Waals surface area contributed by atoms with E-state index in [1.54, 1.807) is 11.0 Å². The standard InChI is InChI=1S/C24H18F6N4O/c25-23(26,27)17-3-1-5-19(13-17)32-9-11-33(12-10-32)22(35)21-16(15-31)7-8-34(21)20-6-2-4-18(14-20)24(28,29)30/h1-8,13-14H,9-12H2. The van der Waals surface area contributed by atoms with Crippen LogP contribution in [0.15, 0.2) is 60.8 Å². The van der Waals surface area contributed by atoms with E-state index in [-0.39, 0.29) is 43.1 Å². The first-order valence-electron chi connectivity index (χ1n) is 10.5. The fourth-order valence-electron chi connectivity index (χ4n) is 3.98. The van der Waals surface area contributed by atoms with E-state index in [2.05, 4.69) is 0 Å². The number of alkyl halides is 6. The van der Waals surface area contributed by atoms with Crippen LogP contribution in [0.2, 0.25) is 0 Å². The van der Waals surface area contributed by atoms with Gasteiger partial charge in [0.05, 0.1) is 16.7 Å². The molecule has 1 aliphatic rings. The highest BCUT2D eigenvalue weighted by molar-refractivity contribution is 5.96. The SMILES string of the molecule is N#Cc1ccn(-c2cccc(C(F)(F)F)c2)c1C(=O)N1CCN(c2cccc(C(F)(F)F)c2)CC1. The third-order valence-corrected chi connectivity index (χ3v) is 5.77. The summed E-state index contributed by atoms with van der Waals surface area (Å²) in [6.07, 6.45) is -7.69. The number of benzene rings is 2. The van der Waals surface area contributed by atoms with Crippen molar-refractivity contribution in [3.63, 3.8) is 0 Å². The molecule has 1 amide bonds. The van der Waals surface area contributed by atoms with Gasteiger partial charge >= 0.3 is 12.4 Å². The first-order valence-corrected chi connectivity index (χ1v) is 10.5. The number of rotatable bonds is 3. The van der Waals surface area contributed by atoms with Gasteiger partial charge in [-0.1, -0.05) is 12.1 Å². The molecule has 0 saturated carbocycles. The normalized spacial score (nSPS) is 14.7. The van der Waals surface area contributed by atoms with Crippen LogP contribution in [0, 0.1) is 11.3 Å². The Labute approximate surface area is 196 Å². The van der Waals surface area contributed by atoms with Gasteiger partial charge in [-0.15, -0.1) is 0 Å². The Bertz CT molecular complexity index is 1280. The summed E-state index contributed by atoms with van der Waals surface area (Å²) in [4.78, 5) is 16.5. The van der Waals surface area contributed by atoms with Gasteiger partial charge in [-0.25, -0.2) is 0 Å². The van der Waals surface area contributed by atoms with Crippen LogP contribution in [0.4, 0.5) is 32.0 Å². The first-order chi connectivity index (χ1) is 16.5. The van der Waals surface area contributed by atoms with Gasteiger partial charge in [0.15, 0.2) is 0 Å². The molecule has 2 heterocycles.